The molecule has 0 bridgehead atoms. The summed E-state index contributed by atoms with van der Waals surface area (Å²) in [7, 11) is 0. The van der Waals surface area contributed by atoms with Crippen molar-refractivity contribution in [1.82, 2.24) is 0 Å². The van der Waals surface area contributed by atoms with Crippen molar-refractivity contribution in [3.05, 3.63) is 58.3 Å². The Morgan fingerprint density at radius 3 is 2.56 bits per heavy atom. The lowest BCUT2D eigenvalue weighted by atomic mass is 10.1. The van der Waals surface area contributed by atoms with Crippen LogP contribution in [0.1, 0.15) is 18.5 Å². The lowest BCUT2D eigenvalue weighted by Crippen LogP contribution is -2.07. The van der Waals surface area contributed by atoms with E-state index < -0.39 is 0 Å². The summed E-state index contributed by atoms with van der Waals surface area (Å²) in [5.74, 6) is 0.922. The van der Waals surface area contributed by atoms with Crippen molar-refractivity contribution < 1.29 is 9.13 Å². The second kappa shape index (κ2) is 5.50. The van der Waals surface area contributed by atoms with Gasteiger partial charge in [0.25, 0.3) is 0 Å². The first-order valence-corrected chi connectivity index (χ1v) is 6.34. The third-order valence-corrected chi connectivity index (χ3v) is 3.17. The molecule has 0 saturated heterocycles. The Morgan fingerprint density at radius 1 is 1.17 bits per heavy atom. The molecular formula is C14H13BrFNO. The summed E-state index contributed by atoms with van der Waals surface area (Å²) in [6, 6.07) is 11.5. The van der Waals surface area contributed by atoms with Crippen LogP contribution in [-0.2, 0) is 0 Å². The number of rotatable bonds is 3. The zero-order valence-corrected chi connectivity index (χ0v) is 11.4. The van der Waals surface area contributed by atoms with Gasteiger partial charge in [0.05, 0.1) is 4.47 Å². The third-order valence-electron chi connectivity index (χ3n) is 2.52. The van der Waals surface area contributed by atoms with Crippen LogP contribution in [0.3, 0.4) is 0 Å². The van der Waals surface area contributed by atoms with Gasteiger partial charge in [-0.25, -0.2) is 4.39 Å². The molecule has 4 heteroatoms. The molecule has 18 heavy (non-hydrogen) atoms. The Kier molecular flexibility index (Phi) is 3.99. The maximum Gasteiger partial charge on any atom is 0.141 e. The third kappa shape index (κ3) is 2.89. The fourth-order valence-corrected chi connectivity index (χ4v) is 1.98. The molecule has 0 aliphatic rings. The first-order chi connectivity index (χ1) is 8.58. The van der Waals surface area contributed by atoms with Gasteiger partial charge in [-0.2, -0.15) is 0 Å². The van der Waals surface area contributed by atoms with Gasteiger partial charge in [0.2, 0.25) is 0 Å². The highest BCUT2D eigenvalue weighted by Crippen LogP contribution is 2.33. The summed E-state index contributed by atoms with van der Waals surface area (Å²) in [6.45, 7) is 1.79. The Morgan fingerprint density at radius 2 is 1.89 bits per heavy atom. The summed E-state index contributed by atoms with van der Waals surface area (Å²) in [5.41, 5.74) is 6.46. The molecule has 0 spiro atoms. The Bertz CT molecular complexity index is 557. The van der Waals surface area contributed by atoms with E-state index in [1.807, 2.05) is 24.3 Å². The number of ether oxygens (including phenoxy) is 1. The summed E-state index contributed by atoms with van der Waals surface area (Å²) < 4.78 is 19.8. The van der Waals surface area contributed by atoms with E-state index in [-0.39, 0.29) is 11.9 Å². The molecule has 0 unspecified atom stereocenters. The molecule has 2 rings (SSSR count). The molecule has 94 valence electrons. The van der Waals surface area contributed by atoms with Gasteiger partial charge < -0.3 is 10.5 Å². The van der Waals surface area contributed by atoms with E-state index in [0.717, 1.165) is 4.47 Å². The largest absolute Gasteiger partial charge is 0.456 e. The minimum absolute atomic E-state index is 0.293. The van der Waals surface area contributed by atoms with Crippen LogP contribution in [0.4, 0.5) is 4.39 Å². The molecule has 0 aliphatic carbocycles. The average molecular weight is 310 g/mol. The first-order valence-electron chi connectivity index (χ1n) is 5.55. The van der Waals surface area contributed by atoms with E-state index in [4.69, 9.17) is 10.5 Å². The first kappa shape index (κ1) is 13.1. The van der Waals surface area contributed by atoms with Crippen molar-refractivity contribution in [2.75, 3.05) is 0 Å². The average Bonchev–Trinajstić information content (AvgIpc) is 2.34. The summed E-state index contributed by atoms with van der Waals surface area (Å²) >= 11 is 3.40. The van der Waals surface area contributed by atoms with Crippen LogP contribution in [0.15, 0.2) is 46.9 Å². The van der Waals surface area contributed by atoms with Crippen molar-refractivity contribution in [3.8, 4) is 11.5 Å². The number of hydrogen-bond acceptors (Lipinski definition) is 2. The maximum atomic E-state index is 13.2. The summed E-state index contributed by atoms with van der Waals surface area (Å²) in [5, 5.41) is 0. The smallest absolute Gasteiger partial charge is 0.141 e. The van der Waals surface area contributed by atoms with E-state index in [1.165, 1.54) is 12.1 Å². The van der Waals surface area contributed by atoms with Crippen LogP contribution in [0.25, 0.3) is 0 Å². The molecule has 0 saturated carbocycles. The van der Waals surface area contributed by atoms with Crippen molar-refractivity contribution in [3.63, 3.8) is 0 Å². The number of para-hydroxylation sites is 1. The summed E-state index contributed by atoms with van der Waals surface area (Å²) in [4.78, 5) is 0. The monoisotopic (exact) mass is 309 g/mol. The van der Waals surface area contributed by atoms with Gasteiger partial charge in [0, 0.05) is 11.6 Å². The van der Waals surface area contributed by atoms with Crippen LogP contribution >= 0.6 is 15.9 Å². The quantitative estimate of drug-likeness (QED) is 0.912. The van der Waals surface area contributed by atoms with Crippen molar-refractivity contribution in [2.24, 2.45) is 5.73 Å². The molecule has 2 nitrogen and oxygen atoms in total. The zero-order chi connectivity index (χ0) is 13.1. The molecular weight excluding hydrogens is 297 g/mol. The Hall–Kier alpha value is -1.39. The lowest BCUT2D eigenvalue weighted by Gasteiger charge is -2.14. The molecule has 0 radical (unpaired) electrons. The predicted octanol–water partition coefficient (Wildman–Crippen LogP) is 4.40. The Labute approximate surface area is 114 Å². The summed E-state index contributed by atoms with van der Waals surface area (Å²) in [6.07, 6.45) is 0. The highest BCUT2D eigenvalue weighted by molar-refractivity contribution is 9.10. The minimum atomic E-state index is -0.318. The van der Waals surface area contributed by atoms with Crippen molar-refractivity contribution >= 4 is 15.9 Å². The SMILES string of the molecule is C[C@H](N)c1cc(F)ccc1Oc1ccccc1Br. The van der Waals surface area contributed by atoms with Crippen LogP contribution in [0, 0.1) is 5.82 Å². The fraction of sp³-hybridized carbons (Fsp3) is 0.143. The van der Waals surface area contributed by atoms with E-state index in [1.54, 1.807) is 13.0 Å². The van der Waals surface area contributed by atoms with Gasteiger partial charge in [-0.3, -0.25) is 0 Å². The highest BCUT2D eigenvalue weighted by atomic mass is 79.9. The van der Waals surface area contributed by atoms with E-state index >= 15 is 0 Å². The molecule has 2 aromatic carbocycles. The van der Waals surface area contributed by atoms with Crippen LogP contribution in [-0.4, -0.2) is 0 Å². The standard InChI is InChI=1S/C14H13BrFNO/c1-9(17)11-8-10(16)6-7-13(11)18-14-5-3-2-4-12(14)15/h2-9H,17H2,1H3/t9-/m0/s1. The minimum Gasteiger partial charge on any atom is -0.456 e. The van der Waals surface area contributed by atoms with Gasteiger partial charge in [-0.1, -0.05) is 12.1 Å². The number of halogens is 2. The van der Waals surface area contributed by atoms with Crippen molar-refractivity contribution in [1.29, 1.82) is 0 Å². The second-order valence-corrected chi connectivity index (χ2v) is 4.86. The molecule has 2 aromatic rings. The van der Waals surface area contributed by atoms with Gasteiger partial charge >= 0.3 is 0 Å². The van der Waals surface area contributed by atoms with Gasteiger partial charge in [0.15, 0.2) is 0 Å². The normalized spacial score (nSPS) is 12.2. The molecule has 0 aromatic heterocycles. The fourth-order valence-electron chi connectivity index (χ4n) is 1.61. The molecule has 0 heterocycles. The van der Waals surface area contributed by atoms with E-state index in [9.17, 15) is 4.39 Å². The molecule has 1 atom stereocenters. The zero-order valence-electron chi connectivity index (χ0n) is 9.86. The van der Waals surface area contributed by atoms with Crippen molar-refractivity contribution in [2.45, 2.75) is 13.0 Å². The highest BCUT2D eigenvalue weighted by Gasteiger charge is 2.11. The number of benzene rings is 2. The predicted molar refractivity (Wildman–Crippen MR) is 73.2 cm³/mol. The van der Waals surface area contributed by atoms with Gasteiger partial charge in [-0.15, -0.1) is 0 Å². The van der Waals surface area contributed by atoms with E-state index in [2.05, 4.69) is 15.9 Å². The lowest BCUT2D eigenvalue weighted by molar-refractivity contribution is 0.466. The molecule has 0 aliphatic heterocycles. The van der Waals surface area contributed by atoms with Gasteiger partial charge in [-0.05, 0) is 53.2 Å². The maximum absolute atomic E-state index is 13.2. The molecule has 2 N–H and O–H groups in total. The van der Waals surface area contributed by atoms with Gasteiger partial charge in [0.1, 0.15) is 17.3 Å². The molecule has 0 amide bonds. The number of nitrogens with two attached hydrogens (primary N) is 1. The second-order valence-electron chi connectivity index (χ2n) is 4.00. The molecule has 0 fully saturated rings. The van der Waals surface area contributed by atoms with Crippen LogP contribution in [0.5, 0.6) is 11.5 Å². The Balaban J connectivity index is 2.37. The topological polar surface area (TPSA) is 35.2 Å². The van der Waals surface area contributed by atoms with Crippen LogP contribution < -0.4 is 10.5 Å². The number of hydrogen-bond donors (Lipinski definition) is 1. The van der Waals surface area contributed by atoms with E-state index in [0.29, 0.717) is 17.1 Å². The van der Waals surface area contributed by atoms with Crippen LogP contribution in [0.2, 0.25) is 0 Å².